The third-order valence-electron chi connectivity index (χ3n) is 2.42. The van der Waals surface area contributed by atoms with Crippen molar-refractivity contribution in [1.29, 1.82) is 0 Å². The van der Waals surface area contributed by atoms with E-state index in [9.17, 15) is 18.0 Å². The third-order valence-corrected chi connectivity index (χ3v) is 2.42. The average molecular weight is 287 g/mol. The Hall–Kier alpha value is -2.51. The van der Waals surface area contributed by atoms with Gasteiger partial charge in [0.1, 0.15) is 5.75 Å². The maximum absolute atomic E-state index is 12.6. The first-order valence-electron chi connectivity index (χ1n) is 5.28. The van der Waals surface area contributed by atoms with E-state index >= 15 is 0 Å². The van der Waals surface area contributed by atoms with Crippen molar-refractivity contribution in [2.75, 3.05) is 7.11 Å². The second kappa shape index (κ2) is 4.87. The fourth-order valence-corrected chi connectivity index (χ4v) is 1.51. The summed E-state index contributed by atoms with van der Waals surface area (Å²) in [5.74, 6) is -3.36. The molecule has 0 saturated carbocycles. The molecule has 1 heterocycles. The highest BCUT2D eigenvalue weighted by atomic mass is 19.4. The number of ether oxygens (including phenoxy) is 1. The van der Waals surface area contributed by atoms with Gasteiger partial charge in [0.2, 0.25) is 11.7 Å². The zero-order valence-corrected chi connectivity index (χ0v) is 10.1. The van der Waals surface area contributed by atoms with E-state index in [4.69, 9.17) is 9.84 Å². The van der Waals surface area contributed by atoms with Crippen LogP contribution in [0.25, 0.3) is 11.5 Å². The molecule has 0 aliphatic carbocycles. The molecule has 0 aliphatic rings. The van der Waals surface area contributed by atoms with Crippen molar-refractivity contribution in [2.24, 2.45) is 0 Å². The number of hydrogen-bond acceptors (Lipinski definition) is 4. The lowest BCUT2D eigenvalue weighted by Crippen LogP contribution is -2.10. The third kappa shape index (κ3) is 2.58. The predicted octanol–water partition coefficient (Wildman–Crippen LogP) is 3.07. The van der Waals surface area contributed by atoms with Crippen molar-refractivity contribution < 1.29 is 32.2 Å². The normalized spacial score (nSPS) is 11.4. The summed E-state index contributed by atoms with van der Waals surface area (Å²) in [6.07, 6.45) is -4.93. The monoisotopic (exact) mass is 287 g/mol. The van der Waals surface area contributed by atoms with Crippen LogP contribution in [0.15, 0.2) is 28.7 Å². The van der Waals surface area contributed by atoms with Crippen molar-refractivity contribution in [1.82, 2.24) is 4.98 Å². The first-order chi connectivity index (χ1) is 9.32. The SMILES string of the molecule is COc1ccc(-c2nc(C(=O)O)c(C(F)(F)F)o2)cc1. The number of nitrogens with zero attached hydrogens (tertiary/aromatic N) is 1. The van der Waals surface area contributed by atoms with Crippen LogP contribution < -0.4 is 4.74 Å². The van der Waals surface area contributed by atoms with Crippen LogP contribution in [0.2, 0.25) is 0 Å². The number of benzene rings is 1. The maximum atomic E-state index is 12.6. The molecule has 1 aromatic heterocycles. The van der Waals surface area contributed by atoms with E-state index in [0.717, 1.165) is 0 Å². The van der Waals surface area contributed by atoms with Crippen LogP contribution in [-0.2, 0) is 6.18 Å². The van der Waals surface area contributed by atoms with E-state index in [1.807, 2.05) is 0 Å². The summed E-state index contributed by atoms with van der Waals surface area (Å²) in [6, 6.07) is 5.81. The highest BCUT2D eigenvalue weighted by molar-refractivity contribution is 5.87. The van der Waals surface area contributed by atoms with Crippen LogP contribution in [0.4, 0.5) is 13.2 Å². The van der Waals surface area contributed by atoms with Gasteiger partial charge in [0.05, 0.1) is 7.11 Å². The van der Waals surface area contributed by atoms with Crippen molar-refractivity contribution in [3.05, 3.63) is 35.7 Å². The molecule has 0 atom stereocenters. The maximum Gasteiger partial charge on any atom is 0.452 e. The van der Waals surface area contributed by atoms with Gasteiger partial charge in [-0.25, -0.2) is 9.78 Å². The number of halogens is 3. The summed E-state index contributed by atoms with van der Waals surface area (Å²) >= 11 is 0. The predicted molar refractivity (Wildman–Crippen MR) is 60.5 cm³/mol. The number of aromatic carboxylic acids is 1. The number of carboxylic acid groups (broad SMARTS) is 1. The molecule has 1 aromatic carbocycles. The van der Waals surface area contributed by atoms with Crippen molar-refractivity contribution >= 4 is 5.97 Å². The number of carbonyl (C=O) groups is 1. The van der Waals surface area contributed by atoms with Crippen LogP contribution in [0.3, 0.4) is 0 Å². The fraction of sp³-hybridized carbons (Fsp3) is 0.167. The number of carboxylic acids is 1. The molecule has 0 amide bonds. The summed E-state index contributed by atoms with van der Waals surface area (Å²) in [5, 5.41) is 8.73. The Kier molecular flexibility index (Phi) is 3.39. The largest absolute Gasteiger partial charge is 0.497 e. The van der Waals surface area contributed by atoms with Crippen molar-refractivity contribution in [3.8, 4) is 17.2 Å². The number of alkyl halides is 3. The van der Waals surface area contributed by atoms with Gasteiger partial charge in [-0.1, -0.05) is 0 Å². The molecule has 0 saturated heterocycles. The van der Waals surface area contributed by atoms with Gasteiger partial charge in [-0.05, 0) is 24.3 Å². The standard InChI is InChI=1S/C12H8F3NO4/c1-19-7-4-2-6(3-5-7)10-16-8(11(17)18)9(20-10)12(13,14)15/h2-5H,1H3,(H,17,18). The Morgan fingerprint density at radius 2 is 1.90 bits per heavy atom. The summed E-state index contributed by atoms with van der Waals surface area (Å²) in [7, 11) is 1.43. The Morgan fingerprint density at radius 3 is 2.30 bits per heavy atom. The lowest BCUT2D eigenvalue weighted by Gasteiger charge is -2.02. The van der Waals surface area contributed by atoms with Gasteiger partial charge in [-0.3, -0.25) is 0 Å². The first-order valence-corrected chi connectivity index (χ1v) is 5.28. The number of rotatable bonds is 3. The van der Waals surface area contributed by atoms with E-state index in [-0.39, 0.29) is 5.56 Å². The van der Waals surface area contributed by atoms with Crippen LogP contribution in [0.1, 0.15) is 16.2 Å². The van der Waals surface area contributed by atoms with Gasteiger partial charge in [-0.15, -0.1) is 0 Å². The summed E-state index contributed by atoms with van der Waals surface area (Å²) < 4.78 is 47.4. The Morgan fingerprint density at radius 1 is 1.30 bits per heavy atom. The molecule has 1 N–H and O–H groups in total. The molecule has 0 spiro atoms. The Labute approximate surface area is 110 Å². The molecule has 2 aromatic rings. The van der Waals surface area contributed by atoms with Gasteiger partial charge in [0.15, 0.2) is 5.69 Å². The average Bonchev–Trinajstić information content (AvgIpc) is 2.84. The van der Waals surface area contributed by atoms with Gasteiger partial charge in [-0.2, -0.15) is 13.2 Å². The van der Waals surface area contributed by atoms with Gasteiger partial charge in [0, 0.05) is 5.56 Å². The topological polar surface area (TPSA) is 72.6 Å². The zero-order valence-electron chi connectivity index (χ0n) is 10.1. The summed E-state index contributed by atoms with van der Waals surface area (Å²) in [6.45, 7) is 0. The molecule has 8 heteroatoms. The van der Waals surface area contributed by atoms with Crippen molar-refractivity contribution in [3.63, 3.8) is 0 Å². The van der Waals surface area contributed by atoms with Crippen LogP contribution in [0, 0.1) is 0 Å². The molecule has 20 heavy (non-hydrogen) atoms. The van der Waals surface area contributed by atoms with E-state index < -0.39 is 29.5 Å². The minimum atomic E-state index is -4.93. The van der Waals surface area contributed by atoms with Crippen LogP contribution >= 0.6 is 0 Å². The highest BCUT2D eigenvalue weighted by Crippen LogP contribution is 2.35. The number of hydrogen-bond donors (Lipinski definition) is 1. The van der Waals surface area contributed by atoms with E-state index in [1.165, 1.54) is 31.4 Å². The van der Waals surface area contributed by atoms with E-state index in [1.54, 1.807) is 0 Å². The van der Waals surface area contributed by atoms with Gasteiger partial charge >= 0.3 is 12.1 Å². The molecule has 0 bridgehead atoms. The minimum absolute atomic E-state index is 0.212. The molecule has 106 valence electrons. The molecule has 0 radical (unpaired) electrons. The smallest absolute Gasteiger partial charge is 0.452 e. The van der Waals surface area contributed by atoms with Crippen LogP contribution in [-0.4, -0.2) is 23.2 Å². The molecular formula is C12H8F3NO4. The van der Waals surface area contributed by atoms with Gasteiger partial charge < -0.3 is 14.3 Å². The molecular weight excluding hydrogens is 279 g/mol. The number of aromatic nitrogens is 1. The second-order valence-electron chi connectivity index (χ2n) is 3.73. The molecule has 5 nitrogen and oxygen atoms in total. The number of methoxy groups -OCH3 is 1. The Balaban J connectivity index is 2.50. The van der Waals surface area contributed by atoms with E-state index in [0.29, 0.717) is 5.75 Å². The van der Waals surface area contributed by atoms with E-state index in [2.05, 4.69) is 9.40 Å². The van der Waals surface area contributed by atoms with Crippen molar-refractivity contribution in [2.45, 2.75) is 6.18 Å². The summed E-state index contributed by atoms with van der Waals surface area (Å²) in [5.41, 5.74) is -0.952. The number of oxazole rings is 1. The molecule has 0 aliphatic heterocycles. The fourth-order valence-electron chi connectivity index (χ4n) is 1.51. The first kappa shape index (κ1) is 13.9. The quantitative estimate of drug-likeness (QED) is 0.939. The molecule has 0 fully saturated rings. The zero-order chi connectivity index (χ0) is 14.9. The lowest BCUT2D eigenvalue weighted by molar-refractivity contribution is -0.153. The Bertz CT molecular complexity index is 631. The molecule has 2 rings (SSSR count). The second-order valence-corrected chi connectivity index (χ2v) is 3.73. The summed E-state index contributed by atoms with van der Waals surface area (Å²) in [4.78, 5) is 14.1. The van der Waals surface area contributed by atoms with Gasteiger partial charge in [0.25, 0.3) is 0 Å². The van der Waals surface area contributed by atoms with Crippen LogP contribution in [0.5, 0.6) is 5.75 Å². The highest BCUT2D eigenvalue weighted by Gasteiger charge is 2.42. The molecule has 0 unspecified atom stereocenters. The lowest BCUT2D eigenvalue weighted by atomic mass is 10.2. The minimum Gasteiger partial charge on any atom is -0.497 e.